The summed E-state index contributed by atoms with van der Waals surface area (Å²) < 4.78 is 5.94. The Balaban J connectivity index is 2.26. The van der Waals surface area contributed by atoms with E-state index in [2.05, 4.69) is 0 Å². The first kappa shape index (κ1) is 12.7. The Labute approximate surface area is 108 Å². The Kier molecular flexibility index (Phi) is 4.00. The largest absolute Gasteiger partial charge is 0.483 e. The van der Waals surface area contributed by atoms with Gasteiger partial charge in [0, 0.05) is 0 Å². The molecule has 0 heterocycles. The van der Waals surface area contributed by atoms with Crippen molar-refractivity contribution in [3.63, 3.8) is 0 Å². The van der Waals surface area contributed by atoms with Gasteiger partial charge in [0.2, 0.25) is 0 Å². The van der Waals surface area contributed by atoms with Crippen LogP contribution in [0.1, 0.15) is 24.2 Å². The summed E-state index contributed by atoms with van der Waals surface area (Å²) in [5.74, 6) is 0.812. The molecule has 18 heavy (non-hydrogen) atoms. The Morgan fingerprint density at radius 2 is 1.56 bits per heavy atom. The van der Waals surface area contributed by atoms with Crippen molar-refractivity contribution >= 4 is 0 Å². The lowest BCUT2D eigenvalue weighted by Gasteiger charge is -2.23. The van der Waals surface area contributed by atoms with Crippen LogP contribution in [0.2, 0.25) is 0 Å². The van der Waals surface area contributed by atoms with Gasteiger partial charge in [-0.2, -0.15) is 0 Å². The number of aliphatic hydroxyl groups excluding tert-OH is 1. The molecule has 1 N–H and O–H groups in total. The van der Waals surface area contributed by atoms with Gasteiger partial charge in [-0.25, -0.2) is 0 Å². The van der Waals surface area contributed by atoms with E-state index in [1.807, 2.05) is 61.5 Å². The maximum absolute atomic E-state index is 9.89. The fraction of sp³-hybridized carbons (Fsp3) is 0.250. The highest BCUT2D eigenvalue weighted by atomic mass is 16.5. The van der Waals surface area contributed by atoms with Gasteiger partial charge in [-0.15, -0.1) is 0 Å². The molecule has 2 unspecified atom stereocenters. The predicted octanol–water partition coefficient (Wildman–Crippen LogP) is 3.50. The number of aryl methyl sites for hydroxylation is 1. The number of rotatable bonds is 4. The molecule has 2 nitrogen and oxygen atoms in total. The van der Waals surface area contributed by atoms with Crippen LogP contribution in [-0.2, 0) is 0 Å². The third-order valence-corrected chi connectivity index (χ3v) is 2.91. The molecule has 2 rings (SSSR count). The van der Waals surface area contributed by atoms with Crippen molar-refractivity contribution in [2.75, 3.05) is 0 Å². The minimum absolute atomic E-state index is 0.340. The van der Waals surface area contributed by atoms with Crippen molar-refractivity contribution < 1.29 is 9.84 Å². The molecule has 0 saturated carbocycles. The molecule has 0 aliphatic heterocycles. The van der Waals surface area contributed by atoms with Crippen molar-refractivity contribution in [3.05, 3.63) is 65.7 Å². The van der Waals surface area contributed by atoms with E-state index in [1.54, 1.807) is 6.92 Å². The predicted molar refractivity (Wildman–Crippen MR) is 72.7 cm³/mol. The lowest BCUT2D eigenvalue weighted by molar-refractivity contribution is 0.0476. The second-order valence-electron chi connectivity index (χ2n) is 4.46. The van der Waals surface area contributed by atoms with Crippen LogP contribution in [0, 0.1) is 6.92 Å². The summed E-state index contributed by atoms with van der Waals surface area (Å²) in [5, 5.41) is 9.89. The summed E-state index contributed by atoms with van der Waals surface area (Å²) in [6.07, 6.45) is -0.903. The fourth-order valence-corrected chi connectivity index (χ4v) is 1.91. The number of hydrogen-bond acceptors (Lipinski definition) is 2. The minimum atomic E-state index is -0.563. The van der Waals surface area contributed by atoms with Gasteiger partial charge in [0.1, 0.15) is 11.9 Å². The molecule has 0 radical (unpaired) electrons. The van der Waals surface area contributed by atoms with E-state index >= 15 is 0 Å². The van der Waals surface area contributed by atoms with Crippen LogP contribution in [0.5, 0.6) is 5.75 Å². The van der Waals surface area contributed by atoms with Crippen LogP contribution in [-0.4, -0.2) is 11.2 Å². The molecule has 0 bridgehead atoms. The van der Waals surface area contributed by atoms with E-state index in [-0.39, 0.29) is 6.10 Å². The van der Waals surface area contributed by atoms with E-state index < -0.39 is 6.10 Å². The molecule has 0 spiro atoms. The Morgan fingerprint density at radius 3 is 2.17 bits per heavy atom. The van der Waals surface area contributed by atoms with E-state index in [0.717, 1.165) is 16.9 Å². The lowest BCUT2D eigenvalue weighted by Crippen LogP contribution is -2.21. The smallest absolute Gasteiger partial charge is 0.149 e. The number of aliphatic hydroxyl groups is 1. The number of benzene rings is 2. The average molecular weight is 242 g/mol. The van der Waals surface area contributed by atoms with E-state index in [0.29, 0.717) is 0 Å². The molecule has 2 heteroatoms. The van der Waals surface area contributed by atoms with E-state index in [9.17, 15) is 5.11 Å². The van der Waals surface area contributed by atoms with Crippen molar-refractivity contribution in [1.82, 2.24) is 0 Å². The SMILES string of the molecule is Cc1ccccc1OC(c1ccccc1)C(C)O. The minimum Gasteiger partial charge on any atom is -0.483 e. The quantitative estimate of drug-likeness (QED) is 0.889. The zero-order valence-corrected chi connectivity index (χ0v) is 10.7. The number of para-hydroxylation sites is 1. The summed E-state index contributed by atoms with van der Waals surface area (Å²) in [5.41, 5.74) is 2.05. The summed E-state index contributed by atoms with van der Waals surface area (Å²) >= 11 is 0. The molecule has 0 aromatic heterocycles. The monoisotopic (exact) mass is 242 g/mol. The van der Waals surface area contributed by atoms with E-state index in [4.69, 9.17) is 4.74 Å². The molecule has 2 aromatic rings. The normalized spacial score (nSPS) is 13.9. The van der Waals surface area contributed by atoms with Crippen LogP contribution in [0.25, 0.3) is 0 Å². The van der Waals surface area contributed by atoms with Crippen LogP contribution in [0.4, 0.5) is 0 Å². The first-order valence-electron chi connectivity index (χ1n) is 6.14. The van der Waals surface area contributed by atoms with Gasteiger partial charge in [-0.05, 0) is 31.0 Å². The van der Waals surface area contributed by atoms with Crippen molar-refractivity contribution in [1.29, 1.82) is 0 Å². The van der Waals surface area contributed by atoms with Gasteiger partial charge in [0.15, 0.2) is 0 Å². The van der Waals surface area contributed by atoms with Crippen molar-refractivity contribution in [2.24, 2.45) is 0 Å². The van der Waals surface area contributed by atoms with Crippen LogP contribution in [0.3, 0.4) is 0 Å². The fourth-order valence-electron chi connectivity index (χ4n) is 1.91. The molecule has 0 aliphatic rings. The summed E-state index contributed by atoms with van der Waals surface area (Å²) in [6.45, 7) is 3.75. The third kappa shape index (κ3) is 2.90. The maximum Gasteiger partial charge on any atom is 0.149 e. The molecule has 2 aromatic carbocycles. The van der Waals surface area contributed by atoms with Crippen LogP contribution >= 0.6 is 0 Å². The molecular formula is C16H18O2. The molecule has 94 valence electrons. The molecule has 2 atom stereocenters. The van der Waals surface area contributed by atoms with Gasteiger partial charge in [0.25, 0.3) is 0 Å². The van der Waals surface area contributed by atoms with Gasteiger partial charge >= 0.3 is 0 Å². The highest BCUT2D eigenvalue weighted by Gasteiger charge is 2.19. The molecule has 0 fully saturated rings. The third-order valence-electron chi connectivity index (χ3n) is 2.91. The van der Waals surface area contributed by atoms with Crippen molar-refractivity contribution in [2.45, 2.75) is 26.1 Å². The Morgan fingerprint density at radius 1 is 0.944 bits per heavy atom. The van der Waals surface area contributed by atoms with Gasteiger partial charge < -0.3 is 9.84 Å². The molecule has 0 aliphatic carbocycles. The second-order valence-corrected chi connectivity index (χ2v) is 4.46. The zero-order valence-electron chi connectivity index (χ0n) is 10.7. The summed E-state index contributed by atoms with van der Waals surface area (Å²) in [6, 6.07) is 17.6. The number of hydrogen-bond donors (Lipinski definition) is 1. The zero-order chi connectivity index (χ0) is 13.0. The standard InChI is InChI=1S/C16H18O2/c1-12-8-6-7-11-15(12)18-16(13(2)17)14-9-4-3-5-10-14/h3-11,13,16-17H,1-2H3. The van der Waals surface area contributed by atoms with Gasteiger partial charge in [-0.1, -0.05) is 48.5 Å². The second kappa shape index (κ2) is 5.69. The highest BCUT2D eigenvalue weighted by Crippen LogP contribution is 2.27. The van der Waals surface area contributed by atoms with Gasteiger partial charge in [-0.3, -0.25) is 0 Å². The lowest BCUT2D eigenvalue weighted by atomic mass is 10.1. The maximum atomic E-state index is 9.89. The van der Waals surface area contributed by atoms with Crippen molar-refractivity contribution in [3.8, 4) is 5.75 Å². The first-order valence-corrected chi connectivity index (χ1v) is 6.14. The van der Waals surface area contributed by atoms with E-state index in [1.165, 1.54) is 0 Å². The van der Waals surface area contributed by atoms with Gasteiger partial charge in [0.05, 0.1) is 6.10 Å². The first-order chi connectivity index (χ1) is 8.68. The highest BCUT2D eigenvalue weighted by molar-refractivity contribution is 5.33. The topological polar surface area (TPSA) is 29.5 Å². The average Bonchev–Trinajstić information content (AvgIpc) is 2.38. The summed E-state index contributed by atoms with van der Waals surface area (Å²) in [4.78, 5) is 0. The number of ether oxygens (including phenoxy) is 1. The molecule has 0 saturated heterocycles. The molecular weight excluding hydrogens is 224 g/mol. The molecule has 0 amide bonds. The Bertz CT molecular complexity index is 491. The van der Waals surface area contributed by atoms with Crippen LogP contribution in [0.15, 0.2) is 54.6 Å². The Hall–Kier alpha value is -1.80. The summed E-state index contributed by atoms with van der Waals surface area (Å²) in [7, 11) is 0. The van der Waals surface area contributed by atoms with Crippen LogP contribution < -0.4 is 4.74 Å².